The molecule has 7 heteroatoms. The molecule has 1 aromatic carbocycles. The normalized spacial score (nSPS) is 14.2. The van der Waals surface area contributed by atoms with Gasteiger partial charge >= 0.3 is 13.1 Å². The first-order valence-corrected chi connectivity index (χ1v) is 5.28. The number of carbonyl (C=O) groups is 1. The third-order valence-corrected chi connectivity index (χ3v) is 2.74. The first-order valence-electron chi connectivity index (χ1n) is 4.91. The largest absolute Gasteiger partial charge is 0.489 e. The summed E-state index contributed by atoms with van der Waals surface area (Å²) < 4.78 is 0. The van der Waals surface area contributed by atoms with Crippen LogP contribution in [0.3, 0.4) is 0 Å². The molecular weight excluding hydrogens is 244 g/mol. The molecule has 0 saturated heterocycles. The van der Waals surface area contributed by atoms with Crippen molar-refractivity contribution in [1.29, 1.82) is 0 Å². The highest BCUT2D eigenvalue weighted by atomic mass is 35.5. The zero-order valence-electron chi connectivity index (χ0n) is 9.22. The molecule has 0 spiro atoms. The maximum atomic E-state index is 10.9. The molecule has 0 aliphatic heterocycles. The van der Waals surface area contributed by atoms with Crippen molar-refractivity contribution in [3.8, 4) is 0 Å². The second kappa shape index (κ2) is 5.06. The van der Waals surface area contributed by atoms with Gasteiger partial charge in [-0.05, 0) is 18.6 Å². The van der Waals surface area contributed by atoms with Crippen molar-refractivity contribution < 1.29 is 19.9 Å². The van der Waals surface area contributed by atoms with Crippen LogP contribution in [0.15, 0.2) is 18.2 Å². The van der Waals surface area contributed by atoms with Crippen LogP contribution in [0, 0.1) is 0 Å². The SMILES string of the molecule is C[C@](N)(Cc1ccc(Cl)c(B(O)O)c1)C(=O)O. The molecule has 0 radical (unpaired) electrons. The summed E-state index contributed by atoms with van der Waals surface area (Å²) in [5, 5.41) is 27.2. The van der Waals surface area contributed by atoms with E-state index in [9.17, 15) is 4.79 Å². The Morgan fingerprint density at radius 3 is 2.59 bits per heavy atom. The Balaban J connectivity index is 3.01. The van der Waals surface area contributed by atoms with Gasteiger partial charge in [-0.1, -0.05) is 23.7 Å². The molecule has 92 valence electrons. The van der Waals surface area contributed by atoms with E-state index in [0.29, 0.717) is 5.56 Å². The van der Waals surface area contributed by atoms with Gasteiger partial charge in [-0.25, -0.2) is 0 Å². The summed E-state index contributed by atoms with van der Waals surface area (Å²) in [5.74, 6) is -1.13. The van der Waals surface area contributed by atoms with Crippen LogP contribution < -0.4 is 11.2 Å². The lowest BCUT2D eigenvalue weighted by Gasteiger charge is -2.19. The van der Waals surface area contributed by atoms with Crippen molar-refractivity contribution in [3.63, 3.8) is 0 Å². The zero-order valence-corrected chi connectivity index (χ0v) is 9.98. The van der Waals surface area contributed by atoms with E-state index in [1.54, 1.807) is 6.07 Å². The molecule has 0 fully saturated rings. The number of rotatable bonds is 4. The Morgan fingerprint density at radius 1 is 1.53 bits per heavy atom. The van der Waals surface area contributed by atoms with Crippen LogP contribution in [0.5, 0.6) is 0 Å². The Labute approximate surface area is 104 Å². The van der Waals surface area contributed by atoms with E-state index in [4.69, 9.17) is 32.5 Å². The fourth-order valence-electron chi connectivity index (χ4n) is 1.40. The lowest BCUT2D eigenvalue weighted by atomic mass is 9.78. The lowest BCUT2D eigenvalue weighted by molar-refractivity contribution is -0.142. The van der Waals surface area contributed by atoms with E-state index in [1.165, 1.54) is 19.1 Å². The number of aliphatic carboxylic acids is 1. The fourth-order valence-corrected chi connectivity index (χ4v) is 1.62. The minimum absolute atomic E-state index is 0.0687. The lowest BCUT2D eigenvalue weighted by Crippen LogP contribution is -2.47. The van der Waals surface area contributed by atoms with Gasteiger partial charge in [0.1, 0.15) is 5.54 Å². The first kappa shape index (κ1) is 14.0. The van der Waals surface area contributed by atoms with Gasteiger partial charge in [-0.15, -0.1) is 0 Å². The second-order valence-electron chi connectivity index (χ2n) is 4.13. The molecule has 0 amide bonds. The fraction of sp³-hybridized carbons (Fsp3) is 0.300. The maximum Gasteiger partial charge on any atom is 0.489 e. The molecule has 0 aliphatic carbocycles. The minimum Gasteiger partial charge on any atom is -0.480 e. The first-order chi connectivity index (χ1) is 7.74. The Bertz CT molecular complexity index is 436. The number of benzene rings is 1. The summed E-state index contributed by atoms with van der Waals surface area (Å²) in [4.78, 5) is 10.9. The third kappa shape index (κ3) is 3.44. The molecular formula is C10H13BClNO4. The standard InChI is InChI=1S/C10H13BClNO4/c1-10(13,9(14)15)5-6-2-3-8(12)7(4-6)11(16)17/h2-4,16-17H,5,13H2,1H3,(H,14,15)/t10-/m0/s1. The van der Waals surface area contributed by atoms with Gasteiger partial charge in [0, 0.05) is 16.9 Å². The van der Waals surface area contributed by atoms with Crippen LogP contribution in [-0.2, 0) is 11.2 Å². The topological polar surface area (TPSA) is 104 Å². The van der Waals surface area contributed by atoms with Crippen molar-refractivity contribution in [2.24, 2.45) is 5.73 Å². The number of nitrogens with two attached hydrogens (primary N) is 1. The molecule has 0 heterocycles. The van der Waals surface area contributed by atoms with Crippen molar-refractivity contribution in [2.75, 3.05) is 0 Å². The highest BCUT2D eigenvalue weighted by Crippen LogP contribution is 2.14. The van der Waals surface area contributed by atoms with Crippen LogP contribution >= 0.6 is 11.6 Å². The molecule has 1 aromatic rings. The van der Waals surface area contributed by atoms with Gasteiger partial charge < -0.3 is 20.9 Å². The molecule has 1 rings (SSSR count). The minimum atomic E-state index is -1.70. The number of hydrogen-bond donors (Lipinski definition) is 4. The van der Waals surface area contributed by atoms with Crippen LogP contribution in [0.2, 0.25) is 5.02 Å². The van der Waals surface area contributed by atoms with E-state index in [0.717, 1.165) is 0 Å². The van der Waals surface area contributed by atoms with E-state index < -0.39 is 18.6 Å². The molecule has 17 heavy (non-hydrogen) atoms. The Hall–Kier alpha value is -1.08. The summed E-state index contributed by atoms with van der Waals surface area (Å²) in [5.41, 5.74) is 4.89. The quantitative estimate of drug-likeness (QED) is 0.538. The highest BCUT2D eigenvalue weighted by Gasteiger charge is 2.28. The van der Waals surface area contributed by atoms with Gasteiger partial charge in [0.05, 0.1) is 0 Å². The number of carboxylic acid groups (broad SMARTS) is 1. The highest BCUT2D eigenvalue weighted by molar-refractivity contribution is 6.62. The predicted molar refractivity (Wildman–Crippen MR) is 65.2 cm³/mol. The van der Waals surface area contributed by atoms with Crippen molar-refractivity contribution in [3.05, 3.63) is 28.8 Å². The number of hydrogen-bond acceptors (Lipinski definition) is 4. The van der Waals surface area contributed by atoms with Crippen molar-refractivity contribution >= 4 is 30.2 Å². The number of halogens is 1. The van der Waals surface area contributed by atoms with Gasteiger partial charge in [0.15, 0.2) is 0 Å². The van der Waals surface area contributed by atoms with Crippen LogP contribution in [0.4, 0.5) is 0 Å². The molecule has 0 unspecified atom stereocenters. The molecule has 5 N–H and O–H groups in total. The smallest absolute Gasteiger partial charge is 0.480 e. The average Bonchev–Trinajstić information content (AvgIpc) is 2.20. The molecule has 0 saturated carbocycles. The zero-order chi connectivity index (χ0) is 13.2. The van der Waals surface area contributed by atoms with E-state index >= 15 is 0 Å². The molecule has 0 aromatic heterocycles. The molecule has 5 nitrogen and oxygen atoms in total. The second-order valence-corrected chi connectivity index (χ2v) is 4.54. The summed E-state index contributed by atoms with van der Waals surface area (Å²) >= 11 is 5.76. The summed E-state index contributed by atoms with van der Waals surface area (Å²) in [6.45, 7) is 1.39. The van der Waals surface area contributed by atoms with Crippen LogP contribution in [0.25, 0.3) is 0 Å². The maximum absolute atomic E-state index is 10.9. The molecule has 0 bridgehead atoms. The Kier molecular flexibility index (Phi) is 4.16. The van der Waals surface area contributed by atoms with Crippen molar-refractivity contribution in [1.82, 2.24) is 0 Å². The number of carboxylic acids is 1. The summed E-state index contributed by atoms with van der Waals surface area (Å²) in [7, 11) is -1.70. The predicted octanol–water partition coefficient (Wildman–Crippen LogP) is -0.636. The van der Waals surface area contributed by atoms with Gasteiger partial charge in [-0.2, -0.15) is 0 Å². The monoisotopic (exact) mass is 257 g/mol. The molecule has 0 aliphatic rings. The van der Waals surface area contributed by atoms with Crippen LogP contribution in [-0.4, -0.2) is 33.8 Å². The van der Waals surface area contributed by atoms with Gasteiger partial charge in [-0.3, -0.25) is 4.79 Å². The van der Waals surface area contributed by atoms with Crippen molar-refractivity contribution in [2.45, 2.75) is 18.9 Å². The van der Waals surface area contributed by atoms with Gasteiger partial charge in [0.2, 0.25) is 0 Å². The van der Waals surface area contributed by atoms with Gasteiger partial charge in [0.25, 0.3) is 0 Å². The molecule has 1 atom stereocenters. The summed E-state index contributed by atoms with van der Waals surface area (Å²) in [6, 6.07) is 4.51. The average molecular weight is 257 g/mol. The third-order valence-electron chi connectivity index (χ3n) is 2.40. The van der Waals surface area contributed by atoms with E-state index in [1.807, 2.05) is 0 Å². The Morgan fingerprint density at radius 2 is 2.12 bits per heavy atom. The van der Waals surface area contributed by atoms with E-state index in [2.05, 4.69) is 0 Å². The van der Waals surface area contributed by atoms with E-state index in [-0.39, 0.29) is 16.9 Å². The van der Waals surface area contributed by atoms with Crippen LogP contribution in [0.1, 0.15) is 12.5 Å². The summed E-state index contributed by atoms with van der Waals surface area (Å²) in [6.07, 6.45) is 0.0687.